The second kappa shape index (κ2) is 8.41. The zero-order valence-electron chi connectivity index (χ0n) is 13.4. The molecule has 0 aliphatic carbocycles. The number of halogens is 3. The summed E-state index contributed by atoms with van der Waals surface area (Å²) >= 11 is 0. The molecule has 0 N–H and O–H groups in total. The molecule has 7 heteroatoms. The predicted molar refractivity (Wildman–Crippen MR) is 88.5 cm³/mol. The average molecular weight is 336 g/mol. The van der Waals surface area contributed by atoms with Crippen molar-refractivity contribution in [3.63, 3.8) is 0 Å². The van der Waals surface area contributed by atoms with E-state index in [-0.39, 0.29) is 11.8 Å². The lowest BCUT2D eigenvalue weighted by atomic mass is 9.91. The molecule has 22 heavy (non-hydrogen) atoms. The fraction of sp³-hybridized carbons (Fsp3) is 0.600. The summed E-state index contributed by atoms with van der Waals surface area (Å²) < 4.78 is 37.4. The summed E-state index contributed by atoms with van der Waals surface area (Å²) in [7, 11) is 0.662. The standard InChI is InChI=1S/C15H23F3N2OS/c1-15(2,3)13-12(6-5-8-20-21-4)22(10-19-13)9-7-11(16)14(17)18/h8,10,22H,5-7,9H2,1-4H3/b20-8+. The molecule has 0 bridgehead atoms. The van der Waals surface area contributed by atoms with E-state index >= 15 is 0 Å². The van der Waals surface area contributed by atoms with Crippen molar-refractivity contribution in [3.8, 4) is 0 Å². The zero-order chi connectivity index (χ0) is 16.8. The van der Waals surface area contributed by atoms with Crippen LogP contribution in [0, 0.1) is 5.41 Å². The van der Waals surface area contributed by atoms with Crippen molar-refractivity contribution >= 4 is 22.7 Å². The summed E-state index contributed by atoms with van der Waals surface area (Å²) in [4.78, 5) is 10.2. The molecule has 3 nitrogen and oxygen atoms in total. The van der Waals surface area contributed by atoms with Crippen molar-refractivity contribution < 1.29 is 18.0 Å². The third kappa shape index (κ3) is 5.51. The van der Waals surface area contributed by atoms with Crippen LogP contribution in [0.2, 0.25) is 0 Å². The van der Waals surface area contributed by atoms with Crippen LogP contribution in [-0.2, 0) is 4.84 Å². The number of oxime groups is 1. The Kier molecular flexibility index (Phi) is 7.19. The second-order valence-corrected chi connectivity index (χ2v) is 8.07. The van der Waals surface area contributed by atoms with Gasteiger partial charge in [0.25, 0.3) is 0 Å². The van der Waals surface area contributed by atoms with E-state index in [1.165, 1.54) is 7.11 Å². The van der Waals surface area contributed by atoms with Gasteiger partial charge in [-0.2, -0.15) is 19.7 Å². The molecule has 0 amide bonds. The SMILES string of the molecule is CO/N=C/CCC1=C(C(C)(C)C)N=C[SH]1CCC(F)=C(F)F. The van der Waals surface area contributed by atoms with E-state index < -0.39 is 22.8 Å². The Morgan fingerprint density at radius 3 is 2.59 bits per heavy atom. The topological polar surface area (TPSA) is 34.0 Å². The van der Waals surface area contributed by atoms with Gasteiger partial charge >= 0.3 is 6.08 Å². The van der Waals surface area contributed by atoms with Gasteiger partial charge in [0.15, 0.2) is 5.83 Å². The van der Waals surface area contributed by atoms with E-state index in [2.05, 4.69) is 35.8 Å². The lowest BCUT2D eigenvalue weighted by Crippen LogP contribution is -2.09. The number of allylic oxidation sites excluding steroid dienone is 3. The lowest BCUT2D eigenvalue weighted by Gasteiger charge is -2.23. The summed E-state index contributed by atoms with van der Waals surface area (Å²) in [6.45, 7) is 6.18. The van der Waals surface area contributed by atoms with E-state index in [0.29, 0.717) is 12.2 Å². The molecular weight excluding hydrogens is 313 g/mol. The summed E-state index contributed by atoms with van der Waals surface area (Å²) in [6.07, 6.45) is 0.614. The molecule has 1 unspecified atom stereocenters. The summed E-state index contributed by atoms with van der Waals surface area (Å²) in [5.74, 6) is -0.960. The number of thiol groups is 1. The van der Waals surface area contributed by atoms with Gasteiger partial charge in [0.1, 0.15) is 7.11 Å². The van der Waals surface area contributed by atoms with E-state index in [9.17, 15) is 13.2 Å². The van der Waals surface area contributed by atoms with Crippen LogP contribution in [0.5, 0.6) is 0 Å². The Bertz CT molecular complexity index is 503. The first-order valence-electron chi connectivity index (χ1n) is 7.06. The van der Waals surface area contributed by atoms with E-state index in [1.54, 1.807) is 6.21 Å². The Labute approximate surface area is 132 Å². The summed E-state index contributed by atoms with van der Waals surface area (Å²) in [6, 6.07) is 0. The van der Waals surface area contributed by atoms with Crippen molar-refractivity contribution in [1.82, 2.24) is 0 Å². The molecule has 0 aromatic rings. The Balaban J connectivity index is 2.83. The van der Waals surface area contributed by atoms with Crippen molar-refractivity contribution in [3.05, 3.63) is 22.5 Å². The van der Waals surface area contributed by atoms with Crippen molar-refractivity contribution in [1.29, 1.82) is 0 Å². The first-order chi connectivity index (χ1) is 10.3. The highest BCUT2D eigenvalue weighted by molar-refractivity contribution is 8.31. The number of hydrogen-bond donors (Lipinski definition) is 1. The van der Waals surface area contributed by atoms with Crippen LogP contribution in [0.4, 0.5) is 13.2 Å². The molecule has 1 atom stereocenters. The number of hydrogen-bond acceptors (Lipinski definition) is 3. The Morgan fingerprint density at radius 2 is 2.05 bits per heavy atom. The average Bonchev–Trinajstić information content (AvgIpc) is 2.83. The van der Waals surface area contributed by atoms with Crippen molar-refractivity contribution in [2.45, 2.75) is 40.0 Å². The quantitative estimate of drug-likeness (QED) is 0.388. The highest BCUT2D eigenvalue weighted by Gasteiger charge is 2.27. The highest BCUT2D eigenvalue weighted by atomic mass is 32.2. The Hall–Kier alpha value is -1.24. The molecule has 0 spiro atoms. The molecule has 0 aromatic heterocycles. The van der Waals surface area contributed by atoms with E-state index in [1.807, 2.05) is 5.55 Å². The molecule has 0 fully saturated rings. The van der Waals surface area contributed by atoms with Gasteiger partial charge in [-0.1, -0.05) is 25.9 Å². The van der Waals surface area contributed by atoms with Crippen LogP contribution in [0.15, 0.2) is 32.7 Å². The van der Waals surface area contributed by atoms with Crippen LogP contribution in [0.1, 0.15) is 40.0 Å². The molecule has 0 aromatic carbocycles. The molecular formula is C15H23F3N2OS. The van der Waals surface area contributed by atoms with Crippen LogP contribution < -0.4 is 0 Å². The predicted octanol–water partition coefficient (Wildman–Crippen LogP) is 5.17. The molecule has 1 aliphatic heterocycles. The minimum atomic E-state index is -2.22. The van der Waals surface area contributed by atoms with Gasteiger partial charge in [-0.3, -0.25) is 4.99 Å². The van der Waals surface area contributed by atoms with E-state index in [4.69, 9.17) is 0 Å². The first kappa shape index (κ1) is 18.8. The molecule has 1 rings (SSSR count). The van der Waals surface area contributed by atoms with Gasteiger partial charge in [0.05, 0.1) is 5.70 Å². The molecule has 1 heterocycles. The van der Waals surface area contributed by atoms with Crippen LogP contribution in [-0.4, -0.2) is 24.6 Å². The highest BCUT2D eigenvalue weighted by Crippen LogP contribution is 2.48. The summed E-state index contributed by atoms with van der Waals surface area (Å²) in [5, 5.41) is 3.69. The van der Waals surface area contributed by atoms with Crippen LogP contribution in [0.3, 0.4) is 0 Å². The third-order valence-corrected chi connectivity index (χ3v) is 5.35. The minimum Gasteiger partial charge on any atom is -0.399 e. The third-order valence-electron chi connectivity index (χ3n) is 3.12. The fourth-order valence-electron chi connectivity index (χ4n) is 2.13. The zero-order valence-corrected chi connectivity index (χ0v) is 14.3. The molecule has 0 radical (unpaired) electrons. The largest absolute Gasteiger partial charge is 0.399 e. The van der Waals surface area contributed by atoms with Gasteiger partial charge in [0.2, 0.25) is 0 Å². The van der Waals surface area contributed by atoms with Crippen molar-refractivity contribution in [2.75, 3.05) is 12.9 Å². The molecule has 1 aliphatic rings. The van der Waals surface area contributed by atoms with Gasteiger partial charge in [-0.05, 0) is 23.5 Å². The Morgan fingerprint density at radius 1 is 1.36 bits per heavy atom. The van der Waals surface area contributed by atoms with Gasteiger partial charge in [-0.15, -0.1) is 0 Å². The van der Waals surface area contributed by atoms with Crippen LogP contribution >= 0.6 is 10.9 Å². The minimum absolute atomic E-state index is 0.124. The molecule has 0 saturated carbocycles. The maximum Gasteiger partial charge on any atom is 0.301 e. The maximum atomic E-state index is 13.0. The van der Waals surface area contributed by atoms with Gasteiger partial charge < -0.3 is 4.84 Å². The molecule has 126 valence electrons. The number of rotatable bonds is 7. The van der Waals surface area contributed by atoms with Crippen LogP contribution in [0.25, 0.3) is 0 Å². The monoisotopic (exact) mass is 336 g/mol. The first-order valence-corrected chi connectivity index (χ1v) is 8.66. The molecule has 0 saturated heterocycles. The van der Waals surface area contributed by atoms with Gasteiger partial charge in [0, 0.05) is 23.6 Å². The van der Waals surface area contributed by atoms with E-state index in [0.717, 1.165) is 17.0 Å². The number of nitrogens with zero attached hydrogens (tertiary/aromatic N) is 2. The smallest absolute Gasteiger partial charge is 0.301 e. The lowest BCUT2D eigenvalue weighted by molar-refractivity contribution is 0.214. The van der Waals surface area contributed by atoms with Gasteiger partial charge in [-0.25, -0.2) is 4.39 Å². The maximum absolute atomic E-state index is 13.0. The summed E-state index contributed by atoms with van der Waals surface area (Å²) in [5.41, 5.74) is 2.66. The number of aliphatic imine (C=N–C) groups is 1. The normalized spacial score (nSPS) is 20.0. The second-order valence-electron chi connectivity index (χ2n) is 5.91. The fourth-order valence-corrected chi connectivity index (χ4v) is 4.43. The van der Waals surface area contributed by atoms with Crippen molar-refractivity contribution in [2.24, 2.45) is 15.6 Å².